The van der Waals surface area contributed by atoms with Crippen molar-refractivity contribution in [2.24, 2.45) is 0 Å². The van der Waals surface area contributed by atoms with Crippen molar-refractivity contribution in [3.63, 3.8) is 0 Å². The van der Waals surface area contributed by atoms with Gasteiger partial charge in [-0.1, -0.05) is 19.0 Å². The van der Waals surface area contributed by atoms with Crippen LogP contribution in [0.2, 0.25) is 0 Å². The van der Waals surface area contributed by atoms with Crippen LogP contribution in [0.1, 0.15) is 38.4 Å². The molecule has 2 rings (SSSR count). The second-order valence-corrected chi connectivity index (χ2v) is 4.64. The minimum Gasteiger partial charge on any atom is -0.324 e. The monoisotopic (exact) mass is 260 g/mol. The van der Waals surface area contributed by atoms with Crippen molar-refractivity contribution in [2.45, 2.75) is 38.6 Å². The van der Waals surface area contributed by atoms with Gasteiger partial charge in [0.15, 0.2) is 5.82 Å². The van der Waals surface area contributed by atoms with E-state index in [1.165, 1.54) is 0 Å². The average molecular weight is 261 g/mol. The largest absolute Gasteiger partial charge is 0.324 e. The molecule has 1 saturated heterocycles. The van der Waals surface area contributed by atoms with E-state index >= 15 is 0 Å². The smallest absolute Gasteiger partial charge is 0.324 e. The molecule has 0 atom stereocenters. The van der Waals surface area contributed by atoms with E-state index < -0.39 is 0 Å². The van der Waals surface area contributed by atoms with Gasteiger partial charge in [0.25, 0.3) is 0 Å². The molecular weight excluding hydrogens is 240 g/mol. The van der Waals surface area contributed by atoms with Crippen LogP contribution in [0.4, 0.5) is 6.01 Å². The molecular formula is C11H21ClN4O. The van der Waals surface area contributed by atoms with Gasteiger partial charge in [-0.15, -0.1) is 12.4 Å². The number of halogens is 1. The minimum atomic E-state index is 0. The molecule has 0 unspecified atom stereocenters. The second kappa shape index (κ2) is 6.21. The predicted octanol–water partition coefficient (Wildman–Crippen LogP) is 1.80. The molecule has 0 spiro atoms. The van der Waals surface area contributed by atoms with Gasteiger partial charge in [0.05, 0.1) is 0 Å². The molecule has 1 aliphatic rings. The molecule has 98 valence electrons. The molecule has 17 heavy (non-hydrogen) atoms. The van der Waals surface area contributed by atoms with E-state index in [9.17, 15) is 0 Å². The number of nitrogens with one attached hydrogen (secondary N) is 1. The number of hydrogen-bond acceptors (Lipinski definition) is 5. The van der Waals surface area contributed by atoms with Crippen molar-refractivity contribution in [2.75, 3.05) is 25.0 Å². The zero-order chi connectivity index (χ0) is 11.5. The highest BCUT2D eigenvalue weighted by Crippen LogP contribution is 2.20. The average Bonchev–Trinajstić information content (AvgIpc) is 2.78. The summed E-state index contributed by atoms with van der Waals surface area (Å²) in [4.78, 5) is 6.59. The third-order valence-corrected chi connectivity index (χ3v) is 3.12. The van der Waals surface area contributed by atoms with Crippen LogP contribution in [-0.2, 0) is 0 Å². The van der Waals surface area contributed by atoms with E-state index in [4.69, 9.17) is 4.52 Å². The number of nitrogens with zero attached hydrogens (tertiary/aromatic N) is 3. The Balaban J connectivity index is 0.00000144. The summed E-state index contributed by atoms with van der Waals surface area (Å²) in [6.45, 7) is 6.13. The molecule has 0 aliphatic carbocycles. The minimum absolute atomic E-state index is 0. The van der Waals surface area contributed by atoms with Crippen molar-refractivity contribution in [3.05, 3.63) is 5.82 Å². The zero-order valence-electron chi connectivity index (χ0n) is 10.6. The van der Waals surface area contributed by atoms with Crippen LogP contribution in [0.25, 0.3) is 0 Å². The molecule has 1 N–H and O–H groups in total. The van der Waals surface area contributed by atoms with Crippen LogP contribution in [0.15, 0.2) is 4.52 Å². The maximum absolute atomic E-state index is 5.28. The van der Waals surface area contributed by atoms with E-state index in [2.05, 4.69) is 34.2 Å². The molecule has 0 bridgehead atoms. The van der Waals surface area contributed by atoms with E-state index in [1.807, 2.05) is 7.05 Å². The lowest BCUT2D eigenvalue weighted by atomic mass is 10.1. The van der Waals surface area contributed by atoms with Crippen LogP contribution >= 0.6 is 12.4 Å². The molecule has 1 aromatic heterocycles. The number of piperidine rings is 1. The van der Waals surface area contributed by atoms with E-state index in [0.717, 1.165) is 31.8 Å². The number of anilines is 1. The predicted molar refractivity (Wildman–Crippen MR) is 69.9 cm³/mol. The van der Waals surface area contributed by atoms with Gasteiger partial charge in [-0.25, -0.2) is 0 Å². The second-order valence-electron chi connectivity index (χ2n) is 4.64. The number of aromatic nitrogens is 2. The van der Waals surface area contributed by atoms with Gasteiger partial charge in [-0.05, 0) is 19.9 Å². The Bertz CT molecular complexity index is 334. The first-order valence-corrected chi connectivity index (χ1v) is 5.96. The van der Waals surface area contributed by atoms with Crippen molar-refractivity contribution in [1.29, 1.82) is 0 Å². The highest BCUT2D eigenvalue weighted by molar-refractivity contribution is 5.85. The fourth-order valence-corrected chi connectivity index (χ4v) is 1.95. The molecule has 0 amide bonds. The standard InChI is InChI=1S/C11H20N4O.ClH/c1-8(2)10-13-11(16-14-10)15-6-4-9(12-3)5-7-15;/h8-9,12H,4-7H2,1-3H3;1H. The Kier molecular flexibility index (Phi) is 5.21. The molecule has 0 radical (unpaired) electrons. The van der Waals surface area contributed by atoms with Crippen LogP contribution in [0.3, 0.4) is 0 Å². The summed E-state index contributed by atoms with van der Waals surface area (Å²) in [6, 6.07) is 1.31. The molecule has 6 heteroatoms. The highest BCUT2D eigenvalue weighted by atomic mass is 35.5. The fourth-order valence-electron chi connectivity index (χ4n) is 1.95. The first-order chi connectivity index (χ1) is 7.70. The summed E-state index contributed by atoms with van der Waals surface area (Å²) in [6.07, 6.45) is 2.27. The maximum atomic E-state index is 5.28. The summed E-state index contributed by atoms with van der Waals surface area (Å²) < 4.78 is 5.28. The Labute approximate surface area is 108 Å². The van der Waals surface area contributed by atoms with Crippen LogP contribution in [0.5, 0.6) is 0 Å². The molecule has 1 fully saturated rings. The van der Waals surface area contributed by atoms with Crippen molar-refractivity contribution in [1.82, 2.24) is 15.5 Å². The molecule has 0 saturated carbocycles. The summed E-state index contributed by atoms with van der Waals surface area (Å²) >= 11 is 0. The summed E-state index contributed by atoms with van der Waals surface area (Å²) in [7, 11) is 2.02. The lowest BCUT2D eigenvalue weighted by molar-refractivity contribution is 0.376. The molecule has 0 aromatic carbocycles. The third kappa shape index (κ3) is 3.33. The van der Waals surface area contributed by atoms with Gasteiger partial charge in [-0.3, -0.25) is 0 Å². The Morgan fingerprint density at radius 1 is 1.35 bits per heavy atom. The first kappa shape index (κ1) is 14.3. The Hall–Kier alpha value is -0.810. The quantitative estimate of drug-likeness (QED) is 0.898. The lowest BCUT2D eigenvalue weighted by Gasteiger charge is -2.30. The number of hydrogen-bond donors (Lipinski definition) is 1. The topological polar surface area (TPSA) is 54.2 Å². The summed E-state index contributed by atoms with van der Waals surface area (Å²) in [5, 5.41) is 7.29. The van der Waals surface area contributed by atoms with E-state index in [1.54, 1.807) is 0 Å². The summed E-state index contributed by atoms with van der Waals surface area (Å²) in [5.41, 5.74) is 0. The van der Waals surface area contributed by atoms with Gasteiger partial charge < -0.3 is 14.7 Å². The molecule has 2 heterocycles. The fraction of sp³-hybridized carbons (Fsp3) is 0.818. The maximum Gasteiger partial charge on any atom is 0.324 e. The zero-order valence-corrected chi connectivity index (χ0v) is 11.5. The van der Waals surface area contributed by atoms with Gasteiger partial charge in [0.1, 0.15) is 0 Å². The van der Waals surface area contributed by atoms with Gasteiger partial charge >= 0.3 is 6.01 Å². The third-order valence-electron chi connectivity index (χ3n) is 3.12. The molecule has 1 aromatic rings. The Morgan fingerprint density at radius 3 is 2.47 bits per heavy atom. The Morgan fingerprint density at radius 2 is 2.00 bits per heavy atom. The number of rotatable bonds is 3. The van der Waals surface area contributed by atoms with E-state index in [-0.39, 0.29) is 12.4 Å². The lowest BCUT2D eigenvalue weighted by Crippen LogP contribution is -2.41. The molecule has 1 aliphatic heterocycles. The highest BCUT2D eigenvalue weighted by Gasteiger charge is 2.22. The normalized spacial score (nSPS) is 17.3. The van der Waals surface area contributed by atoms with E-state index in [0.29, 0.717) is 18.0 Å². The van der Waals surface area contributed by atoms with Gasteiger partial charge in [-0.2, -0.15) is 4.98 Å². The summed E-state index contributed by atoms with van der Waals surface area (Å²) in [5.74, 6) is 1.12. The van der Waals surface area contributed by atoms with Crippen LogP contribution < -0.4 is 10.2 Å². The SMILES string of the molecule is CNC1CCN(c2nc(C(C)C)no2)CC1.Cl. The van der Waals surface area contributed by atoms with Crippen molar-refractivity contribution >= 4 is 18.4 Å². The van der Waals surface area contributed by atoms with Gasteiger partial charge in [0, 0.05) is 25.0 Å². The van der Waals surface area contributed by atoms with Crippen LogP contribution in [0, 0.1) is 0 Å². The van der Waals surface area contributed by atoms with Crippen LogP contribution in [-0.4, -0.2) is 36.3 Å². The molecule has 5 nitrogen and oxygen atoms in total. The van der Waals surface area contributed by atoms with Crippen molar-refractivity contribution < 1.29 is 4.52 Å². The first-order valence-electron chi connectivity index (χ1n) is 5.96. The van der Waals surface area contributed by atoms with Gasteiger partial charge in [0.2, 0.25) is 0 Å². The van der Waals surface area contributed by atoms with Crippen molar-refractivity contribution in [3.8, 4) is 0 Å².